The van der Waals surface area contributed by atoms with Gasteiger partial charge >= 0.3 is 6.01 Å². The van der Waals surface area contributed by atoms with E-state index in [0.29, 0.717) is 36.2 Å². The van der Waals surface area contributed by atoms with Gasteiger partial charge < -0.3 is 14.8 Å². The smallest absolute Gasteiger partial charge is 0.318 e. The highest BCUT2D eigenvalue weighted by atomic mass is 32.2. The normalized spacial score (nSPS) is 21.0. The number of sulfonamides is 1. The molecule has 9 nitrogen and oxygen atoms in total. The van der Waals surface area contributed by atoms with Crippen LogP contribution >= 0.6 is 0 Å². The molecule has 3 heterocycles. The zero-order chi connectivity index (χ0) is 22.0. The van der Waals surface area contributed by atoms with Gasteiger partial charge in [0.2, 0.25) is 10.0 Å². The maximum Gasteiger partial charge on any atom is 0.318 e. The zero-order valence-corrected chi connectivity index (χ0v) is 18.2. The Hall–Kier alpha value is -2.82. The summed E-state index contributed by atoms with van der Waals surface area (Å²) in [6.07, 6.45) is 1.49. The number of hydrogen-bond donors (Lipinski definition) is 2. The lowest BCUT2D eigenvalue weighted by molar-refractivity contribution is 0.204. The summed E-state index contributed by atoms with van der Waals surface area (Å²) in [5.74, 6) is 0.880. The molecule has 1 aliphatic rings. The third kappa shape index (κ3) is 4.76. The molecule has 0 spiro atoms. The minimum atomic E-state index is -3.57. The molecule has 164 valence electrons. The van der Waals surface area contributed by atoms with E-state index < -0.39 is 16.3 Å². The van der Waals surface area contributed by atoms with Crippen molar-refractivity contribution >= 4 is 16.0 Å². The second-order valence-electron chi connectivity index (χ2n) is 8.01. The maximum atomic E-state index is 13.0. The molecular formula is C21H25N5O4S. The maximum absolute atomic E-state index is 13.0. The first kappa shape index (κ1) is 21.4. The molecule has 10 heteroatoms. The largest absolute Gasteiger partial charge is 0.402 e. The van der Waals surface area contributed by atoms with Crippen molar-refractivity contribution < 1.29 is 17.9 Å². The van der Waals surface area contributed by atoms with Crippen molar-refractivity contribution in [3.05, 3.63) is 54.2 Å². The van der Waals surface area contributed by atoms with E-state index in [-0.39, 0.29) is 16.8 Å². The third-order valence-corrected chi connectivity index (χ3v) is 7.08. The first-order valence-electron chi connectivity index (χ1n) is 10.1. The van der Waals surface area contributed by atoms with Gasteiger partial charge in [0.05, 0.1) is 4.90 Å². The average molecular weight is 444 g/mol. The molecule has 1 fully saturated rings. The van der Waals surface area contributed by atoms with Gasteiger partial charge in [0.25, 0.3) is 5.89 Å². The van der Waals surface area contributed by atoms with E-state index in [9.17, 15) is 13.5 Å². The fourth-order valence-corrected chi connectivity index (χ4v) is 5.53. The van der Waals surface area contributed by atoms with E-state index in [1.165, 1.54) is 12.1 Å². The molecule has 0 radical (unpaired) electrons. The lowest BCUT2D eigenvalue weighted by Gasteiger charge is -2.34. The summed E-state index contributed by atoms with van der Waals surface area (Å²) in [5.41, 5.74) is 0.991. The monoisotopic (exact) mass is 443 g/mol. The summed E-state index contributed by atoms with van der Waals surface area (Å²) in [5, 5.41) is 20.9. The number of aromatic nitrogens is 3. The van der Waals surface area contributed by atoms with Gasteiger partial charge in [0.1, 0.15) is 5.69 Å². The van der Waals surface area contributed by atoms with Crippen LogP contribution in [0.2, 0.25) is 0 Å². The van der Waals surface area contributed by atoms with Crippen LogP contribution in [-0.4, -0.2) is 46.1 Å². The Kier molecular flexibility index (Phi) is 6.03. The highest BCUT2D eigenvalue weighted by molar-refractivity contribution is 7.89. The van der Waals surface area contributed by atoms with Crippen LogP contribution in [-0.2, 0) is 10.0 Å². The number of aliphatic hydroxyl groups excluding tert-OH is 1. The number of nitrogens with zero attached hydrogens (tertiary/aromatic N) is 4. The van der Waals surface area contributed by atoms with Gasteiger partial charge in [-0.25, -0.2) is 8.42 Å². The summed E-state index contributed by atoms with van der Waals surface area (Å²) in [7, 11) is -3.57. The van der Waals surface area contributed by atoms with E-state index in [1.54, 1.807) is 40.8 Å². The highest BCUT2D eigenvalue weighted by Gasteiger charge is 2.31. The van der Waals surface area contributed by atoms with Crippen LogP contribution in [0.1, 0.15) is 32.1 Å². The van der Waals surface area contributed by atoms with Crippen molar-refractivity contribution in [2.75, 3.05) is 18.4 Å². The van der Waals surface area contributed by atoms with Gasteiger partial charge in [-0.05, 0) is 42.5 Å². The topological polar surface area (TPSA) is 121 Å². The Labute approximate surface area is 181 Å². The van der Waals surface area contributed by atoms with Crippen LogP contribution in [0, 0.1) is 11.8 Å². The molecule has 1 unspecified atom stereocenters. The predicted octanol–water partition coefficient (Wildman–Crippen LogP) is 2.90. The second kappa shape index (κ2) is 8.74. The van der Waals surface area contributed by atoms with Gasteiger partial charge in [-0.2, -0.15) is 4.31 Å². The van der Waals surface area contributed by atoms with E-state index in [0.717, 1.165) is 6.42 Å². The van der Waals surface area contributed by atoms with Crippen molar-refractivity contribution in [3.8, 4) is 11.6 Å². The van der Waals surface area contributed by atoms with Crippen LogP contribution in [0.5, 0.6) is 0 Å². The Bertz CT molecular complexity index is 1110. The average Bonchev–Trinajstić information content (AvgIpc) is 3.22. The SMILES string of the molecule is C[C@@H]1C[C@H](C)CN(S(=O)(=O)c2ccc(C(O)Nc3nnc(-c4ccccn4)o3)cc2)C1. The van der Waals surface area contributed by atoms with Gasteiger partial charge in [0.15, 0.2) is 6.23 Å². The second-order valence-corrected chi connectivity index (χ2v) is 9.95. The third-order valence-electron chi connectivity index (χ3n) is 5.24. The molecule has 0 amide bonds. The van der Waals surface area contributed by atoms with Crippen LogP contribution in [0.25, 0.3) is 11.6 Å². The molecule has 4 rings (SSSR count). The van der Waals surface area contributed by atoms with Crippen molar-refractivity contribution in [2.24, 2.45) is 11.8 Å². The van der Waals surface area contributed by atoms with E-state index in [4.69, 9.17) is 4.42 Å². The molecule has 1 saturated heterocycles. The standard InChI is InChI=1S/C21H25N5O4S/c1-14-11-15(2)13-26(12-14)31(28,29)17-8-6-16(7-9-17)19(27)23-21-25-24-20(30-21)18-5-3-4-10-22-18/h3-10,14-15,19,27H,11-13H2,1-2H3,(H,23,25)/t14-,15+,19?. The summed E-state index contributed by atoms with van der Waals surface area (Å²) in [6.45, 7) is 5.18. The predicted molar refractivity (Wildman–Crippen MR) is 114 cm³/mol. The van der Waals surface area contributed by atoms with Gasteiger partial charge in [-0.3, -0.25) is 4.98 Å². The van der Waals surface area contributed by atoms with Crippen molar-refractivity contribution in [1.82, 2.24) is 19.5 Å². The summed E-state index contributed by atoms with van der Waals surface area (Å²) < 4.78 is 33.0. The number of nitrogens with one attached hydrogen (secondary N) is 1. The number of hydrogen-bond acceptors (Lipinski definition) is 8. The molecule has 1 aromatic carbocycles. The lowest BCUT2D eigenvalue weighted by atomic mass is 9.94. The van der Waals surface area contributed by atoms with Crippen LogP contribution in [0.15, 0.2) is 58.0 Å². The minimum absolute atomic E-state index is 0.0288. The minimum Gasteiger partial charge on any atom is -0.402 e. The van der Waals surface area contributed by atoms with E-state index in [2.05, 4.69) is 34.3 Å². The van der Waals surface area contributed by atoms with Crippen LogP contribution in [0.3, 0.4) is 0 Å². The molecule has 0 bridgehead atoms. The highest BCUT2D eigenvalue weighted by Crippen LogP contribution is 2.27. The molecule has 2 aromatic heterocycles. The zero-order valence-electron chi connectivity index (χ0n) is 17.3. The van der Waals surface area contributed by atoms with E-state index >= 15 is 0 Å². The first-order valence-corrected chi connectivity index (χ1v) is 11.6. The Morgan fingerprint density at radius 2 is 1.81 bits per heavy atom. The van der Waals surface area contributed by atoms with E-state index in [1.807, 2.05) is 0 Å². The number of anilines is 1. The number of benzene rings is 1. The number of pyridine rings is 1. The first-order chi connectivity index (χ1) is 14.8. The Morgan fingerprint density at radius 3 is 2.45 bits per heavy atom. The van der Waals surface area contributed by atoms with Crippen LogP contribution < -0.4 is 5.32 Å². The number of rotatable bonds is 6. The fourth-order valence-electron chi connectivity index (χ4n) is 3.85. The fraction of sp³-hybridized carbons (Fsp3) is 0.381. The van der Waals surface area contributed by atoms with Gasteiger partial charge in [-0.15, -0.1) is 5.10 Å². The molecule has 0 saturated carbocycles. The molecular weight excluding hydrogens is 418 g/mol. The number of aliphatic hydroxyl groups is 1. The molecule has 1 aliphatic heterocycles. The van der Waals surface area contributed by atoms with Crippen molar-refractivity contribution in [2.45, 2.75) is 31.4 Å². The summed E-state index contributed by atoms with van der Waals surface area (Å²) in [6, 6.07) is 11.5. The van der Waals surface area contributed by atoms with Gasteiger partial charge in [-0.1, -0.05) is 37.1 Å². The van der Waals surface area contributed by atoms with Crippen molar-refractivity contribution in [3.63, 3.8) is 0 Å². The molecule has 31 heavy (non-hydrogen) atoms. The van der Waals surface area contributed by atoms with Gasteiger partial charge in [0, 0.05) is 24.8 Å². The molecule has 2 N–H and O–H groups in total. The lowest BCUT2D eigenvalue weighted by Crippen LogP contribution is -2.42. The summed E-state index contributed by atoms with van der Waals surface area (Å²) >= 11 is 0. The molecule has 0 aliphatic carbocycles. The Balaban J connectivity index is 1.45. The number of piperidine rings is 1. The van der Waals surface area contributed by atoms with Crippen molar-refractivity contribution in [1.29, 1.82) is 0 Å². The molecule has 3 atom stereocenters. The van der Waals surface area contributed by atoms with Crippen LogP contribution in [0.4, 0.5) is 6.01 Å². The molecule has 3 aromatic rings. The summed E-state index contributed by atoms with van der Waals surface area (Å²) in [4.78, 5) is 4.34. The quantitative estimate of drug-likeness (QED) is 0.558. The Morgan fingerprint density at radius 1 is 1.10 bits per heavy atom.